The van der Waals surface area contributed by atoms with Crippen LogP contribution in [-0.4, -0.2) is 43.2 Å². The third kappa shape index (κ3) is 4.53. The minimum atomic E-state index is -4.46. The number of carbonyl (C=O) groups is 1. The van der Waals surface area contributed by atoms with E-state index in [-0.39, 0.29) is 17.1 Å². The molecule has 2 aromatic rings. The van der Waals surface area contributed by atoms with Gasteiger partial charge < -0.3 is 10.1 Å². The number of anilines is 1. The van der Waals surface area contributed by atoms with E-state index in [0.29, 0.717) is 0 Å². The monoisotopic (exact) mass is 362 g/mol. The van der Waals surface area contributed by atoms with Crippen molar-refractivity contribution in [3.63, 3.8) is 0 Å². The Bertz CT molecular complexity index is 797. The Morgan fingerprint density at radius 2 is 2.16 bits per heavy atom. The van der Waals surface area contributed by atoms with Crippen LogP contribution in [0.1, 0.15) is 16.2 Å². The van der Waals surface area contributed by atoms with Gasteiger partial charge in [0.15, 0.2) is 0 Å². The highest BCUT2D eigenvalue weighted by atomic mass is 19.4. The molecule has 0 aliphatic carbocycles. The molecule has 25 heavy (non-hydrogen) atoms. The summed E-state index contributed by atoms with van der Waals surface area (Å²) >= 11 is 0. The van der Waals surface area contributed by atoms with E-state index < -0.39 is 36.0 Å². The van der Waals surface area contributed by atoms with Crippen molar-refractivity contribution in [1.82, 2.24) is 19.6 Å². The van der Waals surface area contributed by atoms with E-state index in [1.807, 2.05) is 0 Å². The molecule has 0 aromatic carbocycles. The number of carbonyl (C=O) groups excluding carboxylic acids is 1. The van der Waals surface area contributed by atoms with Crippen LogP contribution in [0.2, 0.25) is 0 Å². The molecule has 1 amide bonds. The maximum atomic E-state index is 12.2. The van der Waals surface area contributed by atoms with Crippen LogP contribution in [0.3, 0.4) is 0 Å². The number of aryl methyl sites for hydroxylation is 1. The minimum Gasteiger partial charge on any atom is -0.350 e. The molecule has 0 radical (unpaired) electrons. The van der Waals surface area contributed by atoms with Crippen LogP contribution in [0.4, 0.5) is 24.5 Å². The number of alkyl halides is 3. The van der Waals surface area contributed by atoms with Gasteiger partial charge in [-0.2, -0.15) is 23.4 Å². The van der Waals surface area contributed by atoms with Crippen molar-refractivity contribution in [3.8, 4) is 0 Å². The summed E-state index contributed by atoms with van der Waals surface area (Å²) in [6, 6.07) is 0. The van der Waals surface area contributed by atoms with Gasteiger partial charge in [0.2, 0.25) is 5.69 Å². The number of rotatable bonds is 6. The summed E-state index contributed by atoms with van der Waals surface area (Å²) in [7, 11) is 1.45. The molecule has 0 aliphatic heterocycles. The lowest BCUT2D eigenvalue weighted by atomic mass is 10.3. The normalized spacial score (nSPS) is 11.6. The number of ether oxygens (including phenoxy) is 1. The second-order valence-electron chi connectivity index (χ2n) is 4.98. The molecule has 0 fully saturated rings. The number of hydrogen-bond acceptors (Lipinski definition) is 6. The summed E-state index contributed by atoms with van der Waals surface area (Å²) < 4.78 is 42.6. The van der Waals surface area contributed by atoms with Crippen molar-refractivity contribution in [2.45, 2.75) is 19.8 Å². The average Bonchev–Trinajstić information content (AvgIpc) is 3.03. The summed E-state index contributed by atoms with van der Waals surface area (Å²) in [5, 5.41) is 20.9. The predicted octanol–water partition coefficient (Wildman–Crippen LogP) is 1.62. The van der Waals surface area contributed by atoms with Crippen LogP contribution in [0.15, 0.2) is 12.4 Å². The van der Waals surface area contributed by atoms with E-state index in [4.69, 9.17) is 0 Å². The first-order valence-electron chi connectivity index (χ1n) is 6.75. The first kappa shape index (κ1) is 18.4. The summed E-state index contributed by atoms with van der Waals surface area (Å²) in [4.78, 5) is 22.5. The van der Waals surface area contributed by atoms with Gasteiger partial charge >= 0.3 is 11.9 Å². The van der Waals surface area contributed by atoms with Crippen LogP contribution < -0.4 is 5.32 Å². The Morgan fingerprint density at radius 1 is 1.48 bits per heavy atom. The summed E-state index contributed by atoms with van der Waals surface area (Å²) in [6.45, 7) is -0.468. The van der Waals surface area contributed by atoms with Crippen molar-refractivity contribution in [1.29, 1.82) is 0 Å². The van der Waals surface area contributed by atoms with Gasteiger partial charge in [-0.3, -0.25) is 19.6 Å². The molecule has 2 heterocycles. The molecule has 0 unspecified atom stereocenters. The van der Waals surface area contributed by atoms with Crippen molar-refractivity contribution in [2.24, 2.45) is 7.05 Å². The number of aromatic nitrogens is 4. The number of amides is 1. The van der Waals surface area contributed by atoms with Crippen molar-refractivity contribution < 1.29 is 27.6 Å². The zero-order chi connectivity index (χ0) is 18.8. The molecule has 0 aliphatic rings. The smallest absolute Gasteiger partial charge is 0.350 e. The molecule has 1 N–H and O–H groups in total. The highest BCUT2D eigenvalue weighted by Crippen LogP contribution is 2.23. The lowest BCUT2D eigenvalue weighted by Crippen LogP contribution is -2.18. The van der Waals surface area contributed by atoms with Gasteiger partial charge in [-0.15, -0.1) is 0 Å². The highest BCUT2D eigenvalue weighted by molar-refractivity contribution is 6.05. The largest absolute Gasteiger partial charge is 0.411 e. The molecule has 0 saturated carbocycles. The minimum absolute atomic E-state index is 0.123. The number of halogens is 3. The summed E-state index contributed by atoms with van der Waals surface area (Å²) in [5.74, 6) is -0.842. The summed E-state index contributed by atoms with van der Waals surface area (Å²) in [5.41, 5.74) is -0.489. The van der Waals surface area contributed by atoms with Gasteiger partial charge in [0.25, 0.3) is 5.91 Å². The van der Waals surface area contributed by atoms with E-state index in [9.17, 15) is 28.1 Å². The Kier molecular flexibility index (Phi) is 5.06. The zero-order valence-corrected chi connectivity index (χ0v) is 13.1. The fourth-order valence-electron chi connectivity index (χ4n) is 1.91. The van der Waals surface area contributed by atoms with Crippen LogP contribution in [-0.2, 0) is 18.5 Å². The van der Waals surface area contributed by atoms with Crippen LogP contribution in [0.5, 0.6) is 0 Å². The van der Waals surface area contributed by atoms with E-state index in [0.717, 1.165) is 10.9 Å². The van der Waals surface area contributed by atoms with Crippen molar-refractivity contribution >= 4 is 17.3 Å². The highest BCUT2D eigenvalue weighted by Gasteiger charge is 2.29. The maximum Gasteiger partial charge on any atom is 0.411 e. The van der Waals surface area contributed by atoms with Gasteiger partial charge in [-0.1, -0.05) is 0 Å². The zero-order valence-electron chi connectivity index (χ0n) is 13.1. The SMILES string of the molecule is Cc1c([N+](=O)[O-])c(C(=O)Nc2cnn(COCC(F)(F)F)c2)nn1C. The number of nitro groups is 1. The molecular weight excluding hydrogens is 349 g/mol. The van der Waals surface area contributed by atoms with Gasteiger partial charge in [-0.25, -0.2) is 4.68 Å². The molecule has 2 rings (SSSR count). The van der Waals surface area contributed by atoms with Gasteiger partial charge in [0, 0.05) is 7.05 Å². The third-order valence-corrected chi connectivity index (χ3v) is 3.08. The quantitative estimate of drug-likeness (QED) is 0.616. The van der Waals surface area contributed by atoms with Crippen LogP contribution in [0.25, 0.3) is 0 Å². The number of hydrogen-bond donors (Lipinski definition) is 1. The Morgan fingerprint density at radius 3 is 2.76 bits per heavy atom. The van der Waals surface area contributed by atoms with Crippen LogP contribution >= 0.6 is 0 Å². The number of nitrogens with zero attached hydrogens (tertiary/aromatic N) is 5. The van der Waals surface area contributed by atoms with Gasteiger partial charge in [-0.05, 0) is 6.92 Å². The van der Waals surface area contributed by atoms with E-state index in [2.05, 4.69) is 20.3 Å². The second kappa shape index (κ2) is 6.88. The molecule has 0 spiro atoms. The lowest BCUT2D eigenvalue weighted by molar-refractivity contribution is -0.385. The van der Waals surface area contributed by atoms with Crippen molar-refractivity contribution in [2.75, 3.05) is 11.9 Å². The maximum absolute atomic E-state index is 12.2. The first-order valence-corrected chi connectivity index (χ1v) is 6.75. The fraction of sp³-hybridized carbons (Fsp3) is 0.417. The van der Waals surface area contributed by atoms with E-state index in [1.165, 1.54) is 24.9 Å². The first-order chi connectivity index (χ1) is 11.6. The molecule has 136 valence electrons. The van der Waals surface area contributed by atoms with Crippen LogP contribution in [0, 0.1) is 17.0 Å². The Balaban J connectivity index is 2.05. The molecule has 0 bridgehead atoms. The van der Waals surface area contributed by atoms with Gasteiger partial charge in [0.05, 0.1) is 23.0 Å². The molecular formula is C12H13F3N6O4. The summed E-state index contributed by atoms with van der Waals surface area (Å²) in [6.07, 6.45) is -2.08. The molecule has 0 saturated heterocycles. The molecule has 10 nitrogen and oxygen atoms in total. The topological polar surface area (TPSA) is 117 Å². The van der Waals surface area contributed by atoms with E-state index in [1.54, 1.807) is 0 Å². The molecule has 2 aromatic heterocycles. The molecule has 13 heteroatoms. The van der Waals surface area contributed by atoms with Crippen molar-refractivity contribution in [3.05, 3.63) is 33.9 Å². The predicted molar refractivity (Wildman–Crippen MR) is 76.8 cm³/mol. The Labute approximate surface area is 138 Å². The lowest BCUT2D eigenvalue weighted by Gasteiger charge is -2.07. The number of nitrogens with one attached hydrogen (secondary N) is 1. The fourth-order valence-corrected chi connectivity index (χ4v) is 1.91. The average molecular weight is 362 g/mol. The second-order valence-corrected chi connectivity index (χ2v) is 4.98. The molecule has 0 atom stereocenters. The standard InChI is InChI=1S/C12H13F3N6O4/c1-7-10(21(23)24)9(18-19(7)2)11(22)17-8-3-16-20(4-8)6-25-5-12(13,14)15/h3-4H,5-6H2,1-2H3,(H,17,22). The van der Waals surface area contributed by atoms with E-state index >= 15 is 0 Å². The van der Waals surface area contributed by atoms with Gasteiger partial charge in [0.1, 0.15) is 19.0 Å². The Hall–Kier alpha value is -2.96. The third-order valence-electron chi connectivity index (χ3n) is 3.08.